The van der Waals surface area contributed by atoms with Gasteiger partial charge in [0.2, 0.25) is 0 Å². The normalized spacial score (nSPS) is 10.6. The third-order valence-corrected chi connectivity index (χ3v) is 3.19. The molecule has 0 unspecified atom stereocenters. The number of amides is 2. The molecule has 0 aliphatic rings. The number of fused-ring (bicyclic) bond motifs is 1. The number of nitrogens with one attached hydrogen (secondary N) is 3. The van der Waals surface area contributed by atoms with Gasteiger partial charge in [-0.15, -0.1) is 0 Å². The van der Waals surface area contributed by atoms with Gasteiger partial charge in [0.05, 0.1) is 0 Å². The molecule has 0 radical (unpaired) electrons. The first-order chi connectivity index (χ1) is 10.2. The van der Waals surface area contributed by atoms with Crippen molar-refractivity contribution >= 4 is 22.8 Å². The van der Waals surface area contributed by atoms with Crippen LogP contribution in [0.1, 0.15) is 0 Å². The summed E-state index contributed by atoms with van der Waals surface area (Å²) in [7, 11) is 1.54. The standard InChI is InChI=1S/C15H13FN4O/c1-17-15(21)20-14-5-2-9(7-19-14)12-8-18-13-6-10(16)3-4-11(12)13/h2-8,18H,1H3,(H2,17,19,20,21). The van der Waals surface area contributed by atoms with E-state index in [9.17, 15) is 9.18 Å². The summed E-state index contributed by atoms with van der Waals surface area (Å²) >= 11 is 0. The number of carbonyl (C=O) groups is 1. The van der Waals surface area contributed by atoms with Crippen molar-refractivity contribution in [1.82, 2.24) is 15.3 Å². The molecule has 3 N–H and O–H groups in total. The maximum atomic E-state index is 13.2. The second-order valence-corrected chi connectivity index (χ2v) is 4.53. The van der Waals surface area contributed by atoms with E-state index < -0.39 is 0 Å². The summed E-state index contributed by atoms with van der Waals surface area (Å²) in [6.45, 7) is 0. The average molecular weight is 284 g/mol. The average Bonchev–Trinajstić information content (AvgIpc) is 2.90. The van der Waals surface area contributed by atoms with Crippen LogP contribution in [0.25, 0.3) is 22.0 Å². The molecule has 0 fully saturated rings. The number of hydrogen-bond acceptors (Lipinski definition) is 2. The molecule has 3 aromatic rings. The molecule has 0 aliphatic carbocycles. The molecule has 3 rings (SSSR count). The fourth-order valence-corrected chi connectivity index (χ4v) is 2.14. The molecule has 2 amide bonds. The van der Waals surface area contributed by atoms with E-state index in [2.05, 4.69) is 20.6 Å². The lowest BCUT2D eigenvalue weighted by Crippen LogP contribution is -2.24. The Kier molecular flexibility index (Phi) is 3.27. The number of aromatic nitrogens is 2. The van der Waals surface area contributed by atoms with Crippen LogP contribution in [0.2, 0.25) is 0 Å². The van der Waals surface area contributed by atoms with Crippen LogP contribution in [-0.4, -0.2) is 23.0 Å². The predicted molar refractivity (Wildman–Crippen MR) is 79.6 cm³/mol. The molecule has 0 saturated heterocycles. The monoisotopic (exact) mass is 284 g/mol. The number of aromatic amines is 1. The van der Waals surface area contributed by atoms with Crippen molar-refractivity contribution in [2.75, 3.05) is 12.4 Å². The van der Waals surface area contributed by atoms with Crippen molar-refractivity contribution in [2.24, 2.45) is 0 Å². The maximum absolute atomic E-state index is 13.2. The number of benzene rings is 1. The number of H-pyrrole nitrogens is 1. The number of pyridine rings is 1. The molecule has 0 bridgehead atoms. The zero-order chi connectivity index (χ0) is 14.8. The summed E-state index contributed by atoms with van der Waals surface area (Å²) in [5.74, 6) is 0.183. The van der Waals surface area contributed by atoms with E-state index >= 15 is 0 Å². The highest BCUT2D eigenvalue weighted by atomic mass is 19.1. The van der Waals surface area contributed by atoms with Gasteiger partial charge in [0, 0.05) is 41.5 Å². The Bertz CT molecular complexity index is 795. The van der Waals surface area contributed by atoms with E-state index in [-0.39, 0.29) is 11.8 Å². The Morgan fingerprint density at radius 2 is 2.14 bits per heavy atom. The van der Waals surface area contributed by atoms with Crippen LogP contribution in [0.15, 0.2) is 42.7 Å². The Labute approximate surface area is 120 Å². The Hall–Kier alpha value is -2.89. The number of rotatable bonds is 2. The largest absolute Gasteiger partial charge is 0.360 e. The van der Waals surface area contributed by atoms with Gasteiger partial charge in [-0.05, 0) is 30.3 Å². The van der Waals surface area contributed by atoms with E-state index in [1.807, 2.05) is 12.3 Å². The topological polar surface area (TPSA) is 69.8 Å². The molecular formula is C15H13FN4O. The minimum atomic E-state index is -0.321. The smallest absolute Gasteiger partial charge is 0.320 e. The molecule has 0 spiro atoms. The van der Waals surface area contributed by atoms with Crippen LogP contribution in [0, 0.1) is 5.82 Å². The molecule has 0 saturated carbocycles. The van der Waals surface area contributed by atoms with Gasteiger partial charge in [0.25, 0.3) is 0 Å². The number of carbonyl (C=O) groups excluding carboxylic acids is 1. The van der Waals surface area contributed by atoms with E-state index in [0.717, 1.165) is 22.0 Å². The van der Waals surface area contributed by atoms with Crippen LogP contribution in [0.5, 0.6) is 0 Å². The first-order valence-electron chi connectivity index (χ1n) is 6.39. The first kappa shape index (κ1) is 13.1. The Morgan fingerprint density at radius 1 is 1.29 bits per heavy atom. The van der Waals surface area contributed by atoms with Crippen molar-refractivity contribution in [1.29, 1.82) is 0 Å². The molecule has 21 heavy (non-hydrogen) atoms. The van der Waals surface area contributed by atoms with E-state index in [1.165, 1.54) is 19.2 Å². The molecule has 2 aromatic heterocycles. The van der Waals surface area contributed by atoms with Gasteiger partial charge in [-0.1, -0.05) is 0 Å². The van der Waals surface area contributed by atoms with Crippen LogP contribution in [0.3, 0.4) is 0 Å². The summed E-state index contributed by atoms with van der Waals surface area (Å²) in [4.78, 5) is 18.4. The molecule has 106 valence electrons. The number of anilines is 1. The van der Waals surface area contributed by atoms with Crippen molar-refractivity contribution < 1.29 is 9.18 Å². The van der Waals surface area contributed by atoms with Crippen molar-refractivity contribution in [2.45, 2.75) is 0 Å². The van der Waals surface area contributed by atoms with Gasteiger partial charge in [-0.3, -0.25) is 5.32 Å². The van der Waals surface area contributed by atoms with Gasteiger partial charge >= 0.3 is 6.03 Å². The van der Waals surface area contributed by atoms with Gasteiger partial charge in [0.15, 0.2) is 0 Å². The van der Waals surface area contributed by atoms with Gasteiger partial charge < -0.3 is 10.3 Å². The van der Waals surface area contributed by atoms with Crippen molar-refractivity contribution in [3.05, 3.63) is 48.5 Å². The van der Waals surface area contributed by atoms with Crippen molar-refractivity contribution in [3.63, 3.8) is 0 Å². The fraction of sp³-hybridized carbons (Fsp3) is 0.0667. The highest BCUT2D eigenvalue weighted by Crippen LogP contribution is 2.28. The SMILES string of the molecule is CNC(=O)Nc1ccc(-c2c[nH]c3cc(F)ccc23)cn1. The Morgan fingerprint density at radius 3 is 2.86 bits per heavy atom. The summed E-state index contributed by atoms with van der Waals surface area (Å²) in [6, 6.07) is 7.85. The lowest BCUT2D eigenvalue weighted by Gasteiger charge is -2.04. The molecule has 2 heterocycles. The maximum Gasteiger partial charge on any atom is 0.320 e. The number of halogens is 1. The zero-order valence-corrected chi connectivity index (χ0v) is 11.3. The molecule has 6 heteroatoms. The fourth-order valence-electron chi connectivity index (χ4n) is 2.14. The number of hydrogen-bond donors (Lipinski definition) is 3. The Balaban J connectivity index is 1.94. The first-order valence-corrected chi connectivity index (χ1v) is 6.39. The summed E-state index contributed by atoms with van der Waals surface area (Å²) < 4.78 is 13.2. The zero-order valence-electron chi connectivity index (χ0n) is 11.3. The lowest BCUT2D eigenvalue weighted by atomic mass is 10.1. The van der Waals surface area contributed by atoms with Gasteiger partial charge in [0.1, 0.15) is 11.6 Å². The van der Waals surface area contributed by atoms with Gasteiger partial charge in [-0.25, -0.2) is 14.2 Å². The highest BCUT2D eigenvalue weighted by Gasteiger charge is 2.08. The quantitative estimate of drug-likeness (QED) is 0.676. The van der Waals surface area contributed by atoms with Crippen LogP contribution in [0.4, 0.5) is 15.0 Å². The van der Waals surface area contributed by atoms with Gasteiger partial charge in [-0.2, -0.15) is 0 Å². The third kappa shape index (κ3) is 2.55. The second-order valence-electron chi connectivity index (χ2n) is 4.53. The van der Waals surface area contributed by atoms with Crippen molar-refractivity contribution in [3.8, 4) is 11.1 Å². The summed E-state index contributed by atoms with van der Waals surface area (Å²) in [5.41, 5.74) is 2.55. The van der Waals surface area contributed by atoms with E-state index in [0.29, 0.717) is 5.82 Å². The number of nitrogens with zero attached hydrogens (tertiary/aromatic N) is 1. The molecule has 1 aromatic carbocycles. The molecule has 0 aliphatic heterocycles. The summed E-state index contributed by atoms with van der Waals surface area (Å²) in [5, 5.41) is 5.97. The van der Waals surface area contributed by atoms with E-state index in [1.54, 1.807) is 18.3 Å². The summed E-state index contributed by atoms with van der Waals surface area (Å²) in [6.07, 6.45) is 3.48. The van der Waals surface area contributed by atoms with E-state index in [4.69, 9.17) is 0 Å². The third-order valence-electron chi connectivity index (χ3n) is 3.19. The molecular weight excluding hydrogens is 271 g/mol. The minimum absolute atomic E-state index is 0.279. The molecule has 0 atom stereocenters. The second kappa shape index (κ2) is 5.24. The van der Waals surface area contributed by atoms with Crippen LogP contribution >= 0.6 is 0 Å². The number of urea groups is 1. The van der Waals surface area contributed by atoms with Crippen LogP contribution in [-0.2, 0) is 0 Å². The lowest BCUT2D eigenvalue weighted by molar-refractivity contribution is 0.254. The highest BCUT2D eigenvalue weighted by molar-refractivity contribution is 5.95. The van der Waals surface area contributed by atoms with Crippen LogP contribution < -0.4 is 10.6 Å². The predicted octanol–water partition coefficient (Wildman–Crippen LogP) is 3.12. The minimum Gasteiger partial charge on any atom is -0.360 e. The molecule has 5 nitrogen and oxygen atoms in total.